The monoisotopic (exact) mass is 252 g/mol. The highest BCUT2D eigenvalue weighted by atomic mass is 16.4. The molecule has 2 aliphatic heterocycles. The summed E-state index contributed by atoms with van der Waals surface area (Å²) < 4.78 is 0. The van der Waals surface area contributed by atoms with Crippen LogP contribution in [0.3, 0.4) is 0 Å². The summed E-state index contributed by atoms with van der Waals surface area (Å²) in [5.41, 5.74) is 0. The minimum atomic E-state index is -0.854. The van der Waals surface area contributed by atoms with Crippen LogP contribution in [0.1, 0.15) is 38.5 Å². The summed E-state index contributed by atoms with van der Waals surface area (Å²) >= 11 is 0. The average molecular weight is 252 g/mol. The lowest BCUT2D eigenvalue weighted by Crippen LogP contribution is -2.54. The van der Waals surface area contributed by atoms with Crippen molar-refractivity contribution in [2.45, 2.75) is 50.6 Å². The van der Waals surface area contributed by atoms with Gasteiger partial charge in [-0.3, -0.25) is 0 Å². The standard InChI is InChI=1S/C13H20N2O3/c16-12(17)11-3-1-2-6-14(11)13(18)15-8-9-4-5-10(15)7-9/h9-11H,1-8H2,(H,16,17). The fraction of sp³-hybridized carbons (Fsp3) is 0.846. The highest BCUT2D eigenvalue weighted by Crippen LogP contribution is 2.38. The molecule has 0 aromatic carbocycles. The SMILES string of the molecule is O=C(O)C1CCCCN1C(=O)N1CC2CCC1C2. The zero-order chi connectivity index (χ0) is 12.7. The van der Waals surface area contributed by atoms with Crippen molar-refractivity contribution < 1.29 is 14.7 Å². The maximum atomic E-state index is 12.5. The lowest BCUT2D eigenvalue weighted by atomic mass is 10.0. The van der Waals surface area contributed by atoms with Crippen molar-refractivity contribution in [2.75, 3.05) is 13.1 Å². The van der Waals surface area contributed by atoms with Gasteiger partial charge in [-0.2, -0.15) is 0 Å². The quantitative estimate of drug-likeness (QED) is 0.770. The molecule has 2 amide bonds. The van der Waals surface area contributed by atoms with E-state index in [0.717, 1.165) is 32.2 Å². The first-order chi connectivity index (χ1) is 8.66. The summed E-state index contributed by atoms with van der Waals surface area (Å²) in [6.45, 7) is 1.44. The molecule has 3 atom stereocenters. The zero-order valence-corrected chi connectivity index (χ0v) is 10.5. The van der Waals surface area contributed by atoms with Crippen molar-refractivity contribution in [3.63, 3.8) is 0 Å². The summed E-state index contributed by atoms with van der Waals surface area (Å²) in [6.07, 6.45) is 5.89. The number of piperidine rings is 2. The molecule has 18 heavy (non-hydrogen) atoms. The minimum absolute atomic E-state index is 0.0331. The van der Waals surface area contributed by atoms with Crippen molar-refractivity contribution in [3.8, 4) is 0 Å². The number of fused-ring (bicyclic) bond motifs is 2. The van der Waals surface area contributed by atoms with Crippen molar-refractivity contribution in [1.82, 2.24) is 9.80 Å². The number of amides is 2. The molecule has 5 nitrogen and oxygen atoms in total. The highest BCUT2D eigenvalue weighted by molar-refractivity contribution is 5.83. The molecule has 3 unspecified atom stereocenters. The van der Waals surface area contributed by atoms with Crippen LogP contribution in [0, 0.1) is 5.92 Å². The third-order valence-corrected chi connectivity index (χ3v) is 4.69. The molecule has 0 aromatic heterocycles. The third kappa shape index (κ3) is 1.85. The van der Waals surface area contributed by atoms with Gasteiger partial charge in [-0.1, -0.05) is 0 Å². The molecule has 3 fully saturated rings. The van der Waals surface area contributed by atoms with E-state index >= 15 is 0 Å². The predicted octanol–water partition coefficient (Wildman–Crippen LogP) is 1.53. The van der Waals surface area contributed by atoms with Crippen LogP contribution in [0.25, 0.3) is 0 Å². The second-order valence-electron chi connectivity index (χ2n) is 5.81. The minimum Gasteiger partial charge on any atom is -0.480 e. The molecule has 1 aliphatic carbocycles. The van der Waals surface area contributed by atoms with Crippen molar-refractivity contribution in [3.05, 3.63) is 0 Å². The van der Waals surface area contributed by atoms with Gasteiger partial charge in [0.05, 0.1) is 0 Å². The Balaban J connectivity index is 1.72. The second-order valence-corrected chi connectivity index (χ2v) is 5.81. The normalized spacial score (nSPS) is 35.0. The van der Waals surface area contributed by atoms with Gasteiger partial charge in [0.15, 0.2) is 0 Å². The number of carboxylic acid groups (broad SMARTS) is 1. The summed E-state index contributed by atoms with van der Waals surface area (Å²) in [4.78, 5) is 27.2. The maximum Gasteiger partial charge on any atom is 0.326 e. The van der Waals surface area contributed by atoms with E-state index in [1.54, 1.807) is 4.90 Å². The Hall–Kier alpha value is -1.26. The van der Waals surface area contributed by atoms with E-state index in [9.17, 15) is 14.7 Å². The number of hydrogen-bond acceptors (Lipinski definition) is 2. The Labute approximate surface area is 107 Å². The second kappa shape index (κ2) is 4.44. The van der Waals surface area contributed by atoms with Crippen LogP contribution in [0.5, 0.6) is 0 Å². The largest absolute Gasteiger partial charge is 0.480 e. The van der Waals surface area contributed by atoms with E-state index in [0.29, 0.717) is 24.9 Å². The van der Waals surface area contributed by atoms with Crippen molar-refractivity contribution in [2.24, 2.45) is 5.92 Å². The van der Waals surface area contributed by atoms with E-state index < -0.39 is 12.0 Å². The molecule has 5 heteroatoms. The van der Waals surface area contributed by atoms with Gasteiger partial charge in [-0.05, 0) is 44.4 Å². The predicted molar refractivity (Wildman–Crippen MR) is 65.2 cm³/mol. The number of nitrogens with zero attached hydrogens (tertiary/aromatic N) is 2. The fourth-order valence-corrected chi connectivity index (χ4v) is 3.74. The molecule has 2 bridgehead atoms. The lowest BCUT2D eigenvalue weighted by molar-refractivity contribution is -0.143. The molecular formula is C13H20N2O3. The molecule has 100 valence electrons. The van der Waals surface area contributed by atoms with E-state index in [-0.39, 0.29) is 6.03 Å². The summed E-state index contributed by atoms with van der Waals surface area (Å²) in [6, 6.07) is -0.265. The first-order valence-corrected chi connectivity index (χ1v) is 6.97. The van der Waals surface area contributed by atoms with Gasteiger partial charge in [0, 0.05) is 19.1 Å². The average Bonchev–Trinajstić information content (AvgIpc) is 3.00. The Morgan fingerprint density at radius 1 is 1.06 bits per heavy atom. The smallest absolute Gasteiger partial charge is 0.326 e. The number of rotatable bonds is 1. The van der Waals surface area contributed by atoms with E-state index in [1.807, 2.05) is 4.90 Å². The Kier molecular flexibility index (Phi) is 2.92. The molecular weight excluding hydrogens is 232 g/mol. The summed E-state index contributed by atoms with van der Waals surface area (Å²) in [5, 5.41) is 9.22. The number of likely N-dealkylation sites (tertiary alicyclic amines) is 2. The number of carboxylic acids is 1. The van der Waals surface area contributed by atoms with Gasteiger partial charge in [-0.15, -0.1) is 0 Å². The maximum absolute atomic E-state index is 12.5. The number of carbonyl (C=O) groups excluding carboxylic acids is 1. The van der Waals surface area contributed by atoms with Crippen molar-refractivity contribution in [1.29, 1.82) is 0 Å². The number of hydrogen-bond donors (Lipinski definition) is 1. The number of aliphatic carboxylic acids is 1. The first kappa shape index (κ1) is 11.8. The number of urea groups is 1. The van der Waals surface area contributed by atoms with Crippen LogP contribution in [0.4, 0.5) is 4.79 Å². The van der Waals surface area contributed by atoms with Crippen molar-refractivity contribution >= 4 is 12.0 Å². The van der Waals surface area contributed by atoms with E-state index in [2.05, 4.69) is 0 Å². The molecule has 3 rings (SSSR count). The Morgan fingerprint density at radius 2 is 1.89 bits per heavy atom. The summed E-state index contributed by atoms with van der Waals surface area (Å²) in [7, 11) is 0. The van der Waals surface area contributed by atoms with Gasteiger partial charge in [0.1, 0.15) is 6.04 Å². The Bertz CT molecular complexity index is 371. The van der Waals surface area contributed by atoms with Crippen LogP contribution in [-0.4, -0.2) is 52.1 Å². The molecule has 0 radical (unpaired) electrons. The molecule has 0 aromatic rings. The fourth-order valence-electron chi connectivity index (χ4n) is 3.74. The molecule has 1 N–H and O–H groups in total. The van der Waals surface area contributed by atoms with Gasteiger partial charge in [0.2, 0.25) is 0 Å². The number of carbonyl (C=O) groups is 2. The molecule has 3 aliphatic rings. The summed E-state index contributed by atoms with van der Waals surface area (Å²) in [5.74, 6) is -0.195. The van der Waals surface area contributed by atoms with Gasteiger partial charge in [-0.25, -0.2) is 9.59 Å². The molecule has 2 heterocycles. The molecule has 0 spiro atoms. The van der Waals surface area contributed by atoms with Crippen LogP contribution in [-0.2, 0) is 4.79 Å². The first-order valence-electron chi connectivity index (χ1n) is 6.97. The van der Waals surface area contributed by atoms with Gasteiger partial charge < -0.3 is 14.9 Å². The van der Waals surface area contributed by atoms with Crippen LogP contribution in [0.2, 0.25) is 0 Å². The van der Waals surface area contributed by atoms with Crippen LogP contribution in [0.15, 0.2) is 0 Å². The van der Waals surface area contributed by atoms with Gasteiger partial charge in [0.25, 0.3) is 0 Å². The zero-order valence-electron chi connectivity index (χ0n) is 10.5. The van der Waals surface area contributed by atoms with Crippen LogP contribution < -0.4 is 0 Å². The van der Waals surface area contributed by atoms with Crippen LogP contribution >= 0.6 is 0 Å². The Morgan fingerprint density at radius 3 is 2.50 bits per heavy atom. The highest BCUT2D eigenvalue weighted by Gasteiger charge is 2.44. The van der Waals surface area contributed by atoms with Gasteiger partial charge >= 0.3 is 12.0 Å². The molecule has 2 saturated heterocycles. The third-order valence-electron chi connectivity index (χ3n) is 4.69. The lowest BCUT2D eigenvalue weighted by Gasteiger charge is -2.38. The topological polar surface area (TPSA) is 60.9 Å². The van der Waals surface area contributed by atoms with E-state index in [4.69, 9.17) is 0 Å². The molecule has 1 saturated carbocycles. The van der Waals surface area contributed by atoms with E-state index in [1.165, 1.54) is 6.42 Å².